The lowest BCUT2D eigenvalue weighted by Crippen LogP contribution is -2.46. The molecule has 0 radical (unpaired) electrons. The molecule has 5 heterocycles. The molecule has 11 heteroatoms. The van der Waals surface area contributed by atoms with Crippen LogP contribution in [0.4, 0.5) is 0 Å². The Morgan fingerprint density at radius 2 is 1.80 bits per heavy atom. The molecule has 35 heavy (non-hydrogen) atoms. The molecule has 0 saturated carbocycles. The summed E-state index contributed by atoms with van der Waals surface area (Å²) in [7, 11) is 0. The van der Waals surface area contributed by atoms with Crippen LogP contribution in [-0.2, 0) is 6.54 Å². The lowest BCUT2D eigenvalue weighted by atomic mass is 10.0. The monoisotopic (exact) mass is 549 g/mol. The molecule has 1 aliphatic heterocycles. The zero-order valence-electron chi connectivity index (χ0n) is 19.3. The third-order valence-corrected chi connectivity index (χ3v) is 8.62. The van der Waals surface area contributed by atoms with Crippen LogP contribution in [0.15, 0.2) is 40.9 Å². The number of rotatable bonds is 7. The fraction of sp³-hybridized carbons (Fsp3) is 0.375. The summed E-state index contributed by atoms with van der Waals surface area (Å²) >= 11 is 15.1. The van der Waals surface area contributed by atoms with E-state index in [0.717, 1.165) is 41.4 Å². The highest BCUT2D eigenvalue weighted by molar-refractivity contribution is 7.19. The Kier molecular flexibility index (Phi) is 7.31. The van der Waals surface area contributed by atoms with Gasteiger partial charge in [0.25, 0.3) is 5.91 Å². The molecule has 4 aromatic rings. The second-order valence-electron chi connectivity index (χ2n) is 8.84. The molecule has 1 amide bonds. The van der Waals surface area contributed by atoms with E-state index < -0.39 is 0 Å². The Morgan fingerprint density at radius 1 is 1.11 bits per heavy atom. The van der Waals surface area contributed by atoms with E-state index in [1.54, 1.807) is 4.68 Å². The van der Waals surface area contributed by atoms with Gasteiger partial charge in [0.2, 0.25) is 0 Å². The number of aromatic nitrogens is 3. The molecule has 7 nitrogen and oxygen atoms in total. The largest absolute Gasteiger partial charge is 0.355 e. The van der Waals surface area contributed by atoms with Crippen molar-refractivity contribution in [3.63, 3.8) is 0 Å². The molecule has 0 atom stereocenters. The van der Waals surface area contributed by atoms with Gasteiger partial charge in [-0.1, -0.05) is 28.4 Å². The standard InChI is InChI=1S/C24H25Cl2N5O2S2/c1-14(2)30-9-7-15(8-10-30)27-24(32)17-12-18(20-3-5-22(25)34-20)31(28-17)13-16-11-19(33-29-16)21-4-6-23(26)35-21/h3-6,11-12,14-15H,7-10,13H2,1-2H3,(H,27,32). The van der Waals surface area contributed by atoms with Gasteiger partial charge in [-0.15, -0.1) is 22.7 Å². The van der Waals surface area contributed by atoms with Gasteiger partial charge in [0, 0.05) is 31.2 Å². The van der Waals surface area contributed by atoms with E-state index in [1.807, 2.05) is 36.4 Å². The zero-order valence-corrected chi connectivity index (χ0v) is 22.5. The van der Waals surface area contributed by atoms with Gasteiger partial charge in [-0.25, -0.2) is 0 Å². The minimum absolute atomic E-state index is 0.151. The Morgan fingerprint density at radius 3 is 2.43 bits per heavy atom. The summed E-state index contributed by atoms with van der Waals surface area (Å²) < 4.78 is 8.67. The maximum absolute atomic E-state index is 13.1. The smallest absolute Gasteiger partial charge is 0.272 e. The quantitative estimate of drug-likeness (QED) is 0.293. The number of thiophene rings is 2. The zero-order chi connectivity index (χ0) is 24.5. The number of carbonyl (C=O) groups is 1. The van der Waals surface area contributed by atoms with Crippen molar-refractivity contribution in [3.05, 3.63) is 56.5 Å². The summed E-state index contributed by atoms with van der Waals surface area (Å²) in [5, 5.41) is 12.0. The lowest BCUT2D eigenvalue weighted by molar-refractivity contribution is 0.0895. The number of piperidine rings is 1. The average Bonchev–Trinajstić information content (AvgIpc) is 3.62. The van der Waals surface area contributed by atoms with Crippen LogP contribution in [0.2, 0.25) is 8.67 Å². The normalized spacial score (nSPS) is 15.2. The fourth-order valence-electron chi connectivity index (χ4n) is 4.22. The summed E-state index contributed by atoms with van der Waals surface area (Å²) in [5.41, 5.74) is 1.89. The van der Waals surface area contributed by atoms with Crippen molar-refractivity contribution in [2.24, 2.45) is 0 Å². The molecule has 4 aromatic heterocycles. The molecule has 0 bridgehead atoms. The van der Waals surface area contributed by atoms with Crippen LogP contribution in [-0.4, -0.2) is 50.9 Å². The first kappa shape index (κ1) is 24.5. The summed E-state index contributed by atoms with van der Waals surface area (Å²) in [6, 6.07) is 11.9. The van der Waals surface area contributed by atoms with E-state index >= 15 is 0 Å². The molecular formula is C24H25Cl2N5O2S2. The van der Waals surface area contributed by atoms with Crippen molar-refractivity contribution in [1.82, 2.24) is 25.2 Å². The van der Waals surface area contributed by atoms with Gasteiger partial charge in [-0.3, -0.25) is 9.48 Å². The third kappa shape index (κ3) is 5.65. The second-order valence-corrected chi connectivity index (χ2v) is 12.3. The molecular weight excluding hydrogens is 525 g/mol. The molecule has 5 rings (SSSR count). The van der Waals surface area contributed by atoms with Crippen molar-refractivity contribution in [2.75, 3.05) is 13.1 Å². The number of nitrogens with one attached hydrogen (secondary N) is 1. The van der Waals surface area contributed by atoms with Crippen molar-refractivity contribution >= 4 is 51.8 Å². The average molecular weight is 551 g/mol. The van der Waals surface area contributed by atoms with Gasteiger partial charge >= 0.3 is 0 Å². The van der Waals surface area contributed by atoms with E-state index in [9.17, 15) is 4.79 Å². The maximum atomic E-state index is 13.1. The molecule has 0 aromatic carbocycles. The second kappa shape index (κ2) is 10.4. The molecule has 0 aliphatic carbocycles. The van der Waals surface area contributed by atoms with Crippen molar-refractivity contribution in [1.29, 1.82) is 0 Å². The van der Waals surface area contributed by atoms with Crippen molar-refractivity contribution in [2.45, 2.75) is 45.3 Å². The summed E-state index contributed by atoms with van der Waals surface area (Å²) in [6.07, 6.45) is 1.87. The Labute approximate surface area is 221 Å². The maximum Gasteiger partial charge on any atom is 0.272 e. The van der Waals surface area contributed by atoms with Crippen molar-refractivity contribution < 1.29 is 9.32 Å². The molecule has 1 aliphatic rings. The van der Waals surface area contributed by atoms with Crippen LogP contribution in [0.5, 0.6) is 0 Å². The Bertz CT molecular complexity index is 1320. The fourth-order valence-corrected chi connectivity index (χ4v) is 6.28. The third-order valence-electron chi connectivity index (χ3n) is 6.12. The van der Waals surface area contributed by atoms with E-state index in [4.69, 9.17) is 27.7 Å². The summed E-state index contributed by atoms with van der Waals surface area (Å²) in [5.74, 6) is 0.486. The van der Waals surface area contributed by atoms with E-state index in [1.165, 1.54) is 22.7 Å². The minimum Gasteiger partial charge on any atom is -0.355 e. The first-order chi connectivity index (χ1) is 16.9. The number of nitrogens with zero attached hydrogens (tertiary/aromatic N) is 4. The number of carbonyl (C=O) groups excluding carboxylic acids is 1. The van der Waals surface area contributed by atoms with Gasteiger partial charge in [0.05, 0.1) is 30.7 Å². The van der Waals surface area contributed by atoms with Crippen LogP contribution in [0, 0.1) is 0 Å². The number of halogens is 2. The van der Waals surface area contributed by atoms with Crippen molar-refractivity contribution in [3.8, 4) is 21.2 Å². The highest BCUT2D eigenvalue weighted by Crippen LogP contribution is 2.33. The van der Waals surface area contributed by atoms with Crippen LogP contribution in [0.1, 0.15) is 42.9 Å². The van der Waals surface area contributed by atoms with Crippen LogP contribution in [0.25, 0.3) is 21.2 Å². The topological polar surface area (TPSA) is 76.2 Å². The Balaban J connectivity index is 1.35. The predicted octanol–water partition coefficient (Wildman–Crippen LogP) is 6.29. The van der Waals surface area contributed by atoms with E-state index in [2.05, 4.69) is 34.3 Å². The van der Waals surface area contributed by atoms with Gasteiger partial charge in [0.1, 0.15) is 5.69 Å². The SMILES string of the molecule is CC(C)N1CCC(NC(=O)c2cc(-c3ccc(Cl)s3)n(Cc3cc(-c4ccc(Cl)s4)on3)n2)CC1. The highest BCUT2D eigenvalue weighted by atomic mass is 35.5. The summed E-state index contributed by atoms with van der Waals surface area (Å²) in [6.45, 7) is 6.74. The Hall–Kier alpha value is -2.17. The van der Waals surface area contributed by atoms with Gasteiger partial charge < -0.3 is 14.7 Å². The first-order valence-corrected chi connectivity index (χ1v) is 13.8. The number of hydrogen-bond acceptors (Lipinski definition) is 7. The number of hydrogen-bond donors (Lipinski definition) is 1. The molecule has 184 valence electrons. The molecule has 0 spiro atoms. The summed E-state index contributed by atoms with van der Waals surface area (Å²) in [4.78, 5) is 17.4. The molecule has 1 fully saturated rings. The van der Waals surface area contributed by atoms with E-state index in [-0.39, 0.29) is 11.9 Å². The first-order valence-electron chi connectivity index (χ1n) is 11.5. The van der Waals surface area contributed by atoms with Crippen LogP contribution < -0.4 is 5.32 Å². The van der Waals surface area contributed by atoms with Gasteiger partial charge in [-0.05, 0) is 57.0 Å². The van der Waals surface area contributed by atoms with Gasteiger partial charge in [-0.2, -0.15) is 5.10 Å². The molecule has 1 saturated heterocycles. The molecule has 1 N–H and O–H groups in total. The predicted molar refractivity (Wildman–Crippen MR) is 142 cm³/mol. The molecule has 0 unspecified atom stereocenters. The van der Waals surface area contributed by atoms with Gasteiger partial charge in [0.15, 0.2) is 11.5 Å². The minimum atomic E-state index is -0.162. The highest BCUT2D eigenvalue weighted by Gasteiger charge is 2.24. The number of amides is 1. The lowest BCUT2D eigenvalue weighted by Gasteiger charge is -2.34. The van der Waals surface area contributed by atoms with E-state index in [0.29, 0.717) is 38.4 Å². The number of likely N-dealkylation sites (tertiary alicyclic amines) is 1. The van der Waals surface area contributed by atoms with Crippen LogP contribution in [0.3, 0.4) is 0 Å². The van der Waals surface area contributed by atoms with Crippen LogP contribution >= 0.6 is 45.9 Å².